The van der Waals surface area contributed by atoms with Crippen LogP contribution in [0.15, 0.2) is 18.2 Å². The molecular weight excluding hydrogens is 224 g/mol. The third kappa shape index (κ3) is 3.27. The number of hydrogen-bond acceptors (Lipinski definition) is 1. The highest BCUT2D eigenvalue weighted by atomic mass is 16.2. The Hall–Kier alpha value is -1.95. The van der Waals surface area contributed by atoms with E-state index in [0.29, 0.717) is 6.42 Å². The molecule has 96 valence electrons. The van der Waals surface area contributed by atoms with Gasteiger partial charge in [-0.05, 0) is 38.3 Å². The van der Waals surface area contributed by atoms with E-state index in [4.69, 9.17) is 6.42 Å². The molecule has 3 nitrogen and oxygen atoms in total. The van der Waals surface area contributed by atoms with E-state index in [2.05, 4.69) is 16.6 Å². The van der Waals surface area contributed by atoms with Gasteiger partial charge in [0.2, 0.25) is 0 Å². The van der Waals surface area contributed by atoms with Crippen LogP contribution in [0.25, 0.3) is 0 Å². The number of rotatable bonds is 3. The number of benzene rings is 1. The summed E-state index contributed by atoms with van der Waals surface area (Å²) >= 11 is 0. The van der Waals surface area contributed by atoms with Crippen LogP contribution in [-0.2, 0) is 0 Å². The molecule has 3 heteroatoms. The summed E-state index contributed by atoms with van der Waals surface area (Å²) in [6.45, 7) is 7.70. The predicted octanol–water partition coefficient (Wildman–Crippen LogP) is 3.23. The van der Waals surface area contributed by atoms with Crippen LogP contribution in [0.4, 0.5) is 10.5 Å². The molecule has 2 N–H and O–H groups in total. The molecule has 0 aliphatic carbocycles. The van der Waals surface area contributed by atoms with Crippen LogP contribution in [0.5, 0.6) is 0 Å². The molecule has 1 unspecified atom stereocenters. The third-order valence-electron chi connectivity index (χ3n) is 3.13. The minimum Gasteiger partial charge on any atom is -0.322 e. The average Bonchev–Trinajstić information content (AvgIpc) is 2.34. The van der Waals surface area contributed by atoms with Gasteiger partial charge < -0.3 is 10.6 Å². The van der Waals surface area contributed by atoms with E-state index in [1.54, 1.807) is 0 Å². The Bertz CT molecular complexity index is 468. The first-order valence-electron chi connectivity index (χ1n) is 6.05. The Labute approximate surface area is 109 Å². The Morgan fingerprint density at radius 2 is 1.94 bits per heavy atom. The second-order valence-corrected chi connectivity index (χ2v) is 4.68. The minimum absolute atomic E-state index is 0.269. The molecule has 1 aromatic rings. The number of carbonyl (C=O) groups excluding carboxylic acids is 1. The maximum Gasteiger partial charge on any atom is 0.320 e. The molecule has 0 radical (unpaired) electrons. The summed E-state index contributed by atoms with van der Waals surface area (Å²) in [5.41, 5.74) is 2.29. The van der Waals surface area contributed by atoms with Gasteiger partial charge in [0.05, 0.1) is 5.54 Å². The lowest BCUT2D eigenvalue weighted by atomic mass is 10.0. The molecule has 1 rings (SSSR count). The summed E-state index contributed by atoms with van der Waals surface area (Å²) in [6, 6.07) is 5.62. The Morgan fingerprint density at radius 3 is 2.39 bits per heavy atom. The number of aryl methyl sites for hydroxylation is 2. The van der Waals surface area contributed by atoms with Crippen molar-refractivity contribution in [1.82, 2.24) is 5.32 Å². The Morgan fingerprint density at radius 1 is 1.39 bits per heavy atom. The predicted molar refractivity (Wildman–Crippen MR) is 75.6 cm³/mol. The van der Waals surface area contributed by atoms with Crippen molar-refractivity contribution in [3.63, 3.8) is 0 Å². The minimum atomic E-state index is -0.610. The highest BCUT2D eigenvalue weighted by Crippen LogP contribution is 2.19. The van der Waals surface area contributed by atoms with E-state index in [-0.39, 0.29) is 6.03 Å². The van der Waals surface area contributed by atoms with Crippen LogP contribution < -0.4 is 10.6 Å². The van der Waals surface area contributed by atoms with E-state index in [0.717, 1.165) is 16.8 Å². The second-order valence-electron chi connectivity index (χ2n) is 4.68. The van der Waals surface area contributed by atoms with Crippen LogP contribution in [0.2, 0.25) is 0 Å². The molecule has 0 spiro atoms. The summed E-state index contributed by atoms with van der Waals surface area (Å²) in [7, 11) is 0. The molecule has 0 heterocycles. The van der Waals surface area contributed by atoms with Gasteiger partial charge in [-0.15, -0.1) is 6.42 Å². The summed E-state index contributed by atoms with van der Waals surface area (Å²) in [5, 5.41) is 5.67. The fourth-order valence-corrected chi connectivity index (χ4v) is 1.63. The summed E-state index contributed by atoms with van der Waals surface area (Å²) in [4.78, 5) is 11.9. The lowest BCUT2D eigenvalue weighted by Gasteiger charge is -2.24. The smallest absolute Gasteiger partial charge is 0.320 e. The largest absolute Gasteiger partial charge is 0.322 e. The first kappa shape index (κ1) is 14.1. The SMILES string of the molecule is C#CC(C)(CC)NC(=O)Nc1c(C)cccc1C. The van der Waals surface area contributed by atoms with E-state index in [9.17, 15) is 4.79 Å². The number of nitrogens with one attached hydrogen (secondary N) is 2. The first-order chi connectivity index (χ1) is 8.41. The van der Waals surface area contributed by atoms with Crippen molar-refractivity contribution in [2.24, 2.45) is 0 Å². The number of urea groups is 1. The van der Waals surface area contributed by atoms with E-state index in [1.165, 1.54) is 0 Å². The van der Waals surface area contributed by atoms with Crippen molar-refractivity contribution in [2.75, 3.05) is 5.32 Å². The molecule has 0 aliphatic heterocycles. The molecule has 0 saturated carbocycles. The fourth-order valence-electron chi connectivity index (χ4n) is 1.63. The summed E-state index contributed by atoms with van der Waals surface area (Å²) in [5.74, 6) is 2.60. The molecule has 0 bridgehead atoms. The molecular formula is C15H20N2O. The number of para-hydroxylation sites is 1. The third-order valence-corrected chi connectivity index (χ3v) is 3.13. The van der Waals surface area contributed by atoms with Gasteiger partial charge in [0.15, 0.2) is 0 Å². The summed E-state index contributed by atoms with van der Waals surface area (Å²) < 4.78 is 0. The maximum absolute atomic E-state index is 11.9. The van der Waals surface area contributed by atoms with Gasteiger partial charge in [-0.1, -0.05) is 31.0 Å². The first-order valence-corrected chi connectivity index (χ1v) is 6.05. The molecule has 1 aromatic carbocycles. The number of amides is 2. The van der Waals surface area contributed by atoms with Gasteiger partial charge in [-0.3, -0.25) is 0 Å². The lowest BCUT2D eigenvalue weighted by molar-refractivity contribution is 0.245. The van der Waals surface area contributed by atoms with Crippen LogP contribution in [-0.4, -0.2) is 11.6 Å². The zero-order valence-electron chi connectivity index (χ0n) is 11.4. The number of terminal acetylenes is 1. The van der Waals surface area contributed by atoms with E-state index < -0.39 is 5.54 Å². The van der Waals surface area contributed by atoms with Gasteiger partial charge in [0.25, 0.3) is 0 Å². The van der Waals surface area contributed by atoms with Crippen LogP contribution in [0.1, 0.15) is 31.4 Å². The van der Waals surface area contributed by atoms with Crippen molar-refractivity contribution >= 4 is 11.7 Å². The lowest BCUT2D eigenvalue weighted by Crippen LogP contribution is -2.46. The van der Waals surface area contributed by atoms with Gasteiger partial charge in [-0.25, -0.2) is 4.79 Å². The van der Waals surface area contributed by atoms with Crippen molar-refractivity contribution < 1.29 is 4.79 Å². The quantitative estimate of drug-likeness (QED) is 0.787. The number of anilines is 1. The highest BCUT2D eigenvalue weighted by Gasteiger charge is 2.21. The monoisotopic (exact) mass is 244 g/mol. The van der Waals surface area contributed by atoms with Crippen molar-refractivity contribution in [3.8, 4) is 12.3 Å². The van der Waals surface area contributed by atoms with E-state index >= 15 is 0 Å². The number of carbonyl (C=O) groups is 1. The Kier molecular flexibility index (Phi) is 4.38. The fraction of sp³-hybridized carbons (Fsp3) is 0.400. The van der Waals surface area contributed by atoms with Crippen molar-refractivity contribution in [3.05, 3.63) is 29.3 Å². The second kappa shape index (κ2) is 5.59. The van der Waals surface area contributed by atoms with Gasteiger partial charge in [0.1, 0.15) is 0 Å². The number of hydrogen-bond donors (Lipinski definition) is 2. The molecule has 0 saturated heterocycles. The standard InChI is InChI=1S/C15H20N2O/c1-6-15(5,7-2)17-14(18)16-13-11(3)9-8-10-12(13)4/h1,8-10H,7H2,2-5H3,(H2,16,17,18). The molecule has 1 atom stereocenters. The van der Waals surface area contributed by atoms with Gasteiger partial charge in [0, 0.05) is 5.69 Å². The van der Waals surface area contributed by atoms with Crippen LogP contribution in [0, 0.1) is 26.2 Å². The van der Waals surface area contributed by atoms with Crippen molar-refractivity contribution in [2.45, 2.75) is 39.7 Å². The zero-order valence-corrected chi connectivity index (χ0v) is 11.4. The average molecular weight is 244 g/mol. The van der Waals surface area contributed by atoms with Crippen molar-refractivity contribution in [1.29, 1.82) is 0 Å². The topological polar surface area (TPSA) is 41.1 Å². The summed E-state index contributed by atoms with van der Waals surface area (Å²) in [6.07, 6.45) is 6.11. The molecule has 0 fully saturated rings. The molecule has 0 aromatic heterocycles. The highest BCUT2D eigenvalue weighted by molar-refractivity contribution is 5.91. The van der Waals surface area contributed by atoms with Crippen LogP contribution >= 0.6 is 0 Å². The van der Waals surface area contributed by atoms with E-state index in [1.807, 2.05) is 45.9 Å². The maximum atomic E-state index is 11.9. The molecule has 18 heavy (non-hydrogen) atoms. The van der Waals surface area contributed by atoms with Gasteiger partial charge >= 0.3 is 6.03 Å². The Balaban J connectivity index is 2.81. The molecule has 0 aliphatic rings. The molecule has 2 amide bonds. The van der Waals surface area contributed by atoms with Crippen LogP contribution in [0.3, 0.4) is 0 Å². The van der Waals surface area contributed by atoms with Gasteiger partial charge in [-0.2, -0.15) is 0 Å². The normalized spacial score (nSPS) is 13.3. The zero-order chi connectivity index (χ0) is 13.8.